The lowest BCUT2D eigenvalue weighted by Gasteiger charge is -2.28. The summed E-state index contributed by atoms with van der Waals surface area (Å²) in [6.07, 6.45) is 0. The molecular formula is C24H21BrCl2N2O3. The maximum absolute atomic E-state index is 13.6. The van der Waals surface area contributed by atoms with E-state index in [1.807, 2.05) is 6.07 Å². The Hall–Kier alpha value is -2.54. The number of carbonyl (C=O) groups is 2. The number of rotatable bonds is 9. The lowest BCUT2D eigenvalue weighted by atomic mass is 9.96. The van der Waals surface area contributed by atoms with Gasteiger partial charge in [0.25, 0.3) is 0 Å². The van der Waals surface area contributed by atoms with Gasteiger partial charge in [0.2, 0.25) is 0 Å². The third-order valence-corrected chi connectivity index (χ3v) is 5.60. The van der Waals surface area contributed by atoms with Gasteiger partial charge < -0.3 is 15.4 Å². The maximum Gasteiger partial charge on any atom is 0.331 e. The first kappa shape index (κ1) is 24.1. The highest BCUT2D eigenvalue weighted by atomic mass is 79.9. The molecule has 166 valence electrons. The van der Waals surface area contributed by atoms with E-state index in [1.54, 1.807) is 73.7 Å². The Balaban J connectivity index is 2.01. The van der Waals surface area contributed by atoms with Gasteiger partial charge in [-0.05, 0) is 67.6 Å². The second kappa shape index (κ2) is 11.4. The maximum atomic E-state index is 13.6. The van der Waals surface area contributed by atoms with Crippen LogP contribution in [0.1, 0.15) is 17.3 Å². The van der Waals surface area contributed by atoms with Crippen LogP contribution in [-0.2, 0) is 9.53 Å². The molecule has 3 aromatic rings. The molecule has 32 heavy (non-hydrogen) atoms. The summed E-state index contributed by atoms with van der Waals surface area (Å²) in [6.45, 7) is 1.89. The molecule has 0 unspecified atom stereocenters. The van der Waals surface area contributed by atoms with Crippen molar-refractivity contribution in [1.29, 1.82) is 0 Å². The Morgan fingerprint density at radius 2 is 1.41 bits per heavy atom. The first-order valence-corrected chi connectivity index (χ1v) is 11.4. The zero-order chi connectivity index (χ0) is 23.1. The SMILES string of the molecule is CCOC(=O)[C@H](Nc1ccc(Cl)cc1)[C@H](Nc1ccc(Cl)cc1)C(=O)c1cccc(Br)c1. The van der Waals surface area contributed by atoms with Crippen LogP contribution < -0.4 is 10.6 Å². The highest BCUT2D eigenvalue weighted by Gasteiger charge is 2.36. The molecule has 2 atom stereocenters. The molecule has 0 saturated heterocycles. The monoisotopic (exact) mass is 534 g/mol. The van der Waals surface area contributed by atoms with Crippen molar-refractivity contribution >= 4 is 62.3 Å². The summed E-state index contributed by atoms with van der Waals surface area (Å²) < 4.78 is 6.05. The minimum atomic E-state index is -1.02. The van der Waals surface area contributed by atoms with E-state index in [9.17, 15) is 9.59 Å². The van der Waals surface area contributed by atoms with E-state index in [0.29, 0.717) is 27.0 Å². The molecule has 0 aliphatic carbocycles. The Bertz CT molecular complexity index is 1080. The second-order valence-electron chi connectivity index (χ2n) is 6.88. The fourth-order valence-electron chi connectivity index (χ4n) is 3.08. The molecule has 0 aliphatic heterocycles. The minimum Gasteiger partial charge on any atom is -0.464 e. The molecule has 0 saturated carbocycles. The standard InChI is InChI=1S/C24H21BrCl2N2O3/c1-2-32-24(31)22(29-20-12-8-18(27)9-13-20)21(28-19-10-6-17(26)7-11-19)23(30)15-4-3-5-16(25)14-15/h3-14,21-22,28-29H,2H2,1H3/t21-,22+/m0/s1. The van der Waals surface area contributed by atoms with Gasteiger partial charge in [-0.15, -0.1) is 0 Å². The van der Waals surface area contributed by atoms with E-state index >= 15 is 0 Å². The number of nitrogens with one attached hydrogen (secondary N) is 2. The quantitative estimate of drug-likeness (QED) is 0.243. The lowest BCUT2D eigenvalue weighted by molar-refractivity contribution is -0.144. The zero-order valence-corrected chi connectivity index (χ0v) is 20.2. The van der Waals surface area contributed by atoms with Crippen LogP contribution in [0.25, 0.3) is 0 Å². The van der Waals surface area contributed by atoms with Gasteiger partial charge in [0, 0.05) is 31.5 Å². The van der Waals surface area contributed by atoms with Crippen LogP contribution in [0.3, 0.4) is 0 Å². The van der Waals surface area contributed by atoms with Crippen LogP contribution in [0, 0.1) is 0 Å². The van der Waals surface area contributed by atoms with Crippen molar-refractivity contribution in [3.8, 4) is 0 Å². The molecule has 3 aromatic carbocycles. The molecular weight excluding hydrogens is 515 g/mol. The van der Waals surface area contributed by atoms with Crippen molar-refractivity contribution in [3.63, 3.8) is 0 Å². The average molecular weight is 536 g/mol. The molecule has 0 bridgehead atoms. The summed E-state index contributed by atoms with van der Waals surface area (Å²) in [5, 5.41) is 7.44. The third-order valence-electron chi connectivity index (χ3n) is 4.60. The van der Waals surface area contributed by atoms with Gasteiger partial charge >= 0.3 is 5.97 Å². The molecule has 5 nitrogen and oxygen atoms in total. The molecule has 0 aliphatic rings. The molecule has 3 rings (SSSR count). The molecule has 0 heterocycles. The number of halogens is 3. The van der Waals surface area contributed by atoms with Gasteiger partial charge in [-0.25, -0.2) is 4.79 Å². The van der Waals surface area contributed by atoms with Crippen LogP contribution in [0.2, 0.25) is 10.0 Å². The van der Waals surface area contributed by atoms with Crippen LogP contribution in [0.15, 0.2) is 77.3 Å². The first-order chi connectivity index (χ1) is 15.4. The van der Waals surface area contributed by atoms with Crippen LogP contribution in [0.5, 0.6) is 0 Å². The first-order valence-electron chi connectivity index (χ1n) is 9.88. The van der Waals surface area contributed by atoms with E-state index in [-0.39, 0.29) is 12.4 Å². The largest absolute Gasteiger partial charge is 0.464 e. The number of carbonyl (C=O) groups excluding carboxylic acids is 2. The summed E-state index contributed by atoms with van der Waals surface area (Å²) in [4.78, 5) is 26.6. The molecule has 0 spiro atoms. The average Bonchev–Trinajstić information content (AvgIpc) is 2.78. The summed E-state index contributed by atoms with van der Waals surface area (Å²) in [7, 11) is 0. The van der Waals surface area contributed by atoms with Gasteiger partial charge in [0.05, 0.1) is 6.61 Å². The normalized spacial score (nSPS) is 12.5. The Kier molecular flexibility index (Phi) is 8.56. The fraction of sp³-hybridized carbons (Fsp3) is 0.167. The smallest absolute Gasteiger partial charge is 0.331 e. The second-order valence-corrected chi connectivity index (χ2v) is 8.67. The molecule has 2 N–H and O–H groups in total. The number of ketones is 1. The molecule has 0 fully saturated rings. The number of esters is 1. The zero-order valence-electron chi connectivity index (χ0n) is 17.1. The van der Waals surface area contributed by atoms with E-state index in [1.165, 1.54) is 0 Å². The Labute approximate surface area is 205 Å². The number of Topliss-reactive ketones (excluding diaryl/α,β-unsaturated/α-hetero) is 1. The van der Waals surface area contributed by atoms with E-state index in [2.05, 4.69) is 26.6 Å². The van der Waals surface area contributed by atoms with Gasteiger partial charge in [0.15, 0.2) is 11.8 Å². The van der Waals surface area contributed by atoms with Gasteiger partial charge in [0.1, 0.15) is 6.04 Å². The predicted octanol–water partition coefficient (Wildman–Crippen LogP) is 6.46. The molecule has 0 radical (unpaired) electrons. The highest BCUT2D eigenvalue weighted by Crippen LogP contribution is 2.22. The van der Waals surface area contributed by atoms with Gasteiger partial charge in [-0.1, -0.05) is 51.3 Å². The Morgan fingerprint density at radius 3 is 1.91 bits per heavy atom. The predicted molar refractivity (Wildman–Crippen MR) is 133 cm³/mol. The summed E-state index contributed by atoms with van der Waals surface area (Å²) in [5.41, 5.74) is 1.70. The van der Waals surface area contributed by atoms with Crippen molar-refractivity contribution in [3.05, 3.63) is 92.9 Å². The summed E-state index contributed by atoms with van der Waals surface area (Å²) >= 11 is 15.4. The molecule has 0 aromatic heterocycles. The lowest BCUT2D eigenvalue weighted by Crippen LogP contribution is -2.50. The third kappa shape index (κ3) is 6.48. The number of anilines is 2. The van der Waals surface area contributed by atoms with Gasteiger partial charge in [-0.3, -0.25) is 4.79 Å². The van der Waals surface area contributed by atoms with Gasteiger partial charge in [-0.2, -0.15) is 0 Å². The van der Waals surface area contributed by atoms with Crippen LogP contribution >= 0.6 is 39.1 Å². The Morgan fingerprint density at radius 1 is 0.875 bits per heavy atom. The summed E-state index contributed by atoms with van der Waals surface area (Å²) in [6, 6.07) is 18.8. The minimum absolute atomic E-state index is 0.177. The molecule has 8 heteroatoms. The van der Waals surface area contributed by atoms with Crippen molar-refractivity contribution in [2.45, 2.75) is 19.0 Å². The van der Waals surface area contributed by atoms with Crippen LogP contribution in [-0.4, -0.2) is 30.4 Å². The fourth-order valence-corrected chi connectivity index (χ4v) is 3.73. The highest BCUT2D eigenvalue weighted by molar-refractivity contribution is 9.10. The molecule has 0 amide bonds. The summed E-state index contributed by atoms with van der Waals surface area (Å²) in [5.74, 6) is -0.835. The van der Waals surface area contributed by atoms with E-state index in [0.717, 1.165) is 4.47 Å². The van der Waals surface area contributed by atoms with E-state index < -0.39 is 18.1 Å². The van der Waals surface area contributed by atoms with Crippen molar-refractivity contribution in [1.82, 2.24) is 0 Å². The topological polar surface area (TPSA) is 67.4 Å². The van der Waals surface area contributed by atoms with Crippen LogP contribution in [0.4, 0.5) is 11.4 Å². The van der Waals surface area contributed by atoms with Crippen molar-refractivity contribution in [2.24, 2.45) is 0 Å². The van der Waals surface area contributed by atoms with Crippen molar-refractivity contribution in [2.75, 3.05) is 17.2 Å². The number of hydrogen-bond acceptors (Lipinski definition) is 5. The van der Waals surface area contributed by atoms with E-state index in [4.69, 9.17) is 27.9 Å². The van der Waals surface area contributed by atoms with Crippen molar-refractivity contribution < 1.29 is 14.3 Å². The number of ether oxygens (including phenoxy) is 1. The number of hydrogen-bond donors (Lipinski definition) is 2. The number of benzene rings is 3.